The molecule has 0 aliphatic carbocycles. The highest BCUT2D eigenvalue weighted by molar-refractivity contribution is 6.18. The number of aliphatic hydroxyl groups excluding tert-OH is 1. The van der Waals surface area contributed by atoms with Crippen molar-refractivity contribution in [3.63, 3.8) is 0 Å². The van der Waals surface area contributed by atoms with E-state index in [1.807, 2.05) is 0 Å². The molecule has 1 fully saturated rings. The average Bonchev–Trinajstić information content (AvgIpc) is 2.94. The monoisotopic (exact) mass is 361 g/mol. The van der Waals surface area contributed by atoms with Crippen LogP contribution >= 0.6 is 11.6 Å². The number of H-pyrrole nitrogens is 1. The first kappa shape index (κ1) is 18.1. The number of aromatic amines is 1. The lowest BCUT2D eigenvalue weighted by atomic mass is 10.1. The van der Waals surface area contributed by atoms with Crippen LogP contribution in [0, 0.1) is 4.91 Å². The molecule has 0 saturated carbocycles. The van der Waals surface area contributed by atoms with Crippen LogP contribution < -0.4 is 16.6 Å². The fourth-order valence-electron chi connectivity index (χ4n) is 2.37. The van der Waals surface area contributed by atoms with Crippen LogP contribution in [-0.2, 0) is 4.74 Å². The molecule has 0 bridgehead atoms. The Balaban J connectivity index is 2.11. The molecule has 24 heavy (non-hydrogen) atoms. The van der Waals surface area contributed by atoms with Crippen LogP contribution in [0.3, 0.4) is 0 Å². The zero-order chi connectivity index (χ0) is 17.7. The molecular formula is C12H16ClN5O6. The molecule has 132 valence electrons. The van der Waals surface area contributed by atoms with E-state index in [1.54, 1.807) is 0 Å². The van der Waals surface area contributed by atoms with Gasteiger partial charge in [-0.3, -0.25) is 14.3 Å². The summed E-state index contributed by atoms with van der Waals surface area (Å²) in [7, 11) is 0. The molecule has 11 nitrogen and oxygen atoms in total. The highest BCUT2D eigenvalue weighted by Crippen LogP contribution is 2.27. The molecule has 3 atom stereocenters. The van der Waals surface area contributed by atoms with Crippen molar-refractivity contribution in [2.24, 2.45) is 5.29 Å². The van der Waals surface area contributed by atoms with Gasteiger partial charge in [0.1, 0.15) is 12.3 Å². The number of aromatic nitrogens is 2. The van der Waals surface area contributed by atoms with E-state index in [2.05, 4.69) is 15.6 Å². The quantitative estimate of drug-likeness (QED) is 0.340. The maximum atomic E-state index is 11.9. The molecule has 1 aliphatic rings. The van der Waals surface area contributed by atoms with Crippen molar-refractivity contribution in [3.8, 4) is 0 Å². The third kappa shape index (κ3) is 3.99. The number of ether oxygens (including phenoxy) is 1. The molecule has 3 N–H and O–H groups in total. The number of hydrogen-bond acceptors (Lipinski definition) is 7. The molecule has 2 rings (SSSR count). The number of urea groups is 1. The van der Waals surface area contributed by atoms with Gasteiger partial charge in [0.25, 0.3) is 5.56 Å². The molecule has 0 spiro atoms. The molecule has 0 aromatic carbocycles. The number of rotatable bonds is 6. The van der Waals surface area contributed by atoms with E-state index in [9.17, 15) is 24.4 Å². The van der Waals surface area contributed by atoms with Crippen LogP contribution in [0.15, 0.2) is 27.1 Å². The van der Waals surface area contributed by atoms with Crippen LogP contribution in [0.25, 0.3) is 0 Å². The van der Waals surface area contributed by atoms with Crippen molar-refractivity contribution in [3.05, 3.63) is 38.0 Å². The number of aliphatic hydroxyl groups is 1. The van der Waals surface area contributed by atoms with Gasteiger partial charge < -0.3 is 15.2 Å². The van der Waals surface area contributed by atoms with Crippen molar-refractivity contribution < 1.29 is 14.6 Å². The normalized spacial score (nSPS) is 23.0. The zero-order valence-electron chi connectivity index (χ0n) is 12.4. The Labute approximate surface area is 140 Å². The average molecular weight is 362 g/mol. The van der Waals surface area contributed by atoms with Crippen LogP contribution in [0.2, 0.25) is 0 Å². The largest absolute Gasteiger partial charge is 0.394 e. The Bertz CT molecular complexity index is 706. The summed E-state index contributed by atoms with van der Waals surface area (Å²) in [4.78, 5) is 47.5. The predicted molar refractivity (Wildman–Crippen MR) is 82.5 cm³/mol. The highest BCUT2D eigenvalue weighted by atomic mass is 35.5. The van der Waals surface area contributed by atoms with Gasteiger partial charge in [0.15, 0.2) is 0 Å². The van der Waals surface area contributed by atoms with Crippen molar-refractivity contribution in [1.29, 1.82) is 0 Å². The number of hydrogen-bond donors (Lipinski definition) is 3. The second-order valence-corrected chi connectivity index (χ2v) is 5.39. The summed E-state index contributed by atoms with van der Waals surface area (Å²) < 4.78 is 6.67. The molecule has 1 unspecified atom stereocenters. The van der Waals surface area contributed by atoms with E-state index in [0.717, 1.165) is 10.6 Å². The summed E-state index contributed by atoms with van der Waals surface area (Å²) in [6, 6.07) is -0.290. The van der Waals surface area contributed by atoms with Crippen LogP contribution in [0.1, 0.15) is 12.6 Å². The van der Waals surface area contributed by atoms with E-state index >= 15 is 0 Å². The van der Waals surface area contributed by atoms with E-state index < -0.39 is 42.3 Å². The molecule has 2 heterocycles. The second-order valence-electron chi connectivity index (χ2n) is 5.01. The zero-order valence-corrected chi connectivity index (χ0v) is 13.2. The smallest absolute Gasteiger partial charge is 0.340 e. The number of nitrogens with zero attached hydrogens (tertiary/aromatic N) is 3. The van der Waals surface area contributed by atoms with Gasteiger partial charge in [0.05, 0.1) is 24.5 Å². The van der Waals surface area contributed by atoms with Gasteiger partial charge in [-0.05, 0) is 0 Å². The fraction of sp³-hybridized carbons (Fsp3) is 0.583. The summed E-state index contributed by atoms with van der Waals surface area (Å²) in [5, 5.41) is 15.1. The Kier molecular flexibility index (Phi) is 6.06. The Morgan fingerprint density at radius 1 is 1.58 bits per heavy atom. The second kappa shape index (κ2) is 8.04. The van der Waals surface area contributed by atoms with Crippen molar-refractivity contribution in [2.75, 3.05) is 19.0 Å². The number of halogens is 1. The minimum absolute atomic E-state index is 0.0269. The standard InChI is InChI=1S/C12H16ClN5O6/c13-2-4-18(16-23)12(22)14-7-5-10(24-8(7)6-19)17-3-1-9(20)15-11(17)21/h1,3,7-8,10,19H,2,4-6H2,(H,14,22)(H,15,20,21)/t7-,8-,10?/m1/s1. The Morgan fingerprint density at radius 3 is 2.92 bits per heavy atom. The third-order valence-corrected chi connectivity index (χ3v) is 3.68. The fourth-order valence-corrected chi connectivity index (χ4v) is 2.53. The van der Waals surface area contributed by atoms with Gasteiger partial charge in [-0.2, -0.15) is 5.01 Å². The lowest BCUT2D eigenvalue weighted by Crippen LogP contribution is -2.47. The topological polar surface area (TPSA) is 146 Å². The van der Waals surface area contributed by atoms with Crippen LogP contribution in [0.5, 0.6) is 0 Å². The summed E-state index contributed by atoms with van der Waals surface area (Å²) in [5.74, 6) is 0.0269. The van der Waals surface area contributed by atoms with E-state index in [-0.39, 0.29) is 18.8 Å². The number of nitrogens with one attached hydrogen (secondary N) is 2. The molecule has 0 radical (unpaired) electrons. The lowest BCUT2D eigenvalue weighted by molar-refractivity contribution is -0.0286. The van der Waals surface area contributed by atoms with Gasteiger partial charge in [-0.25, -0.2) is 9.59 Å². The minimum Gasteiger partial charge on any atom is -0.394 e. The van der Waals surface area contributed by atoms with Gasteiger partial charge in [0.2, 0.25) is 0 Å². The predicted octanol–water partition coefficient (Wildman–Crippen LogP) is -0.883. The Hall–Kier alpha value is -2.24. The summed E-state index contributed by atoms with van der Waals surface area (Å²) in [6.07, 6.45) is -0.168. The molecule has 1 aliphatic heterocycles. The van der Waals surface area contributed by atoms with Crippen LogP contribution in [0.4, 0.5) is 4.79 Å². The highest BCUT2D eigenvalue weighted by Gasteiger charge is 2.38. The Morgan fingerprint density at radius 2 is 2.33 bits per heavy atom. The van der Waals surface area contributed by atoms with E-state index in [4.69, 9.17) is 16.3 Å². The van der Waals surface area contributed by atoms with E-state index in [1.165, 1.54) is 6.20 Å². The summed E-state index contributed by atoms with van der Waals surface area (Å²) in [6.45, 7) is -0.485. The van der Waals surface area contributed by atoms with Gasteiger partial charge in [-0.1, -0.05) is 0 Å². The van der Waals surface area contributed by atoms with Crippen molar-refractivity contribution in [1.82, 2.24) is 19.9 Å². The number of amides is 2. The maximum absolute atomic E-state index is 11.9. The third-order valence-electron chi connectivity index (χ3n) is 3.52. The lowest BCUT2D eigenvalue weighted by Gasteiger charge is -2.20. The minimum atomic E-state index is -0.790. The first-order valence-corrected chi connectivity index (χ1v) is 7.58. The summed E-state index contributed by atoms with van der Waals surface area (Å²) in [5.41, 5.74) is -1.22. The maximum Gasteiger partial charge on any atom is 0.340 e. The van der Waals surface area contributed by atoms with Crippen molar-refractivity contribution in [2.45, 2.75) is 24.8 Å². The van der Waals surface area contributed by atoms with E-state index in [0.29, 0.717) is 5.01 Å². The van der Waals surface area contributed by atoms with Crippen LogP contribution in [-0.4, -0.2) is 56.9 Å². The molecule has 1 aromatic heterocycles. The van der Waals surface area contributed by atoms with Gasteiger partial charge in [-0.15, -0.1) is 16.5 Å². The van der Waals surface area contributed by atoms with Crippen molar-refractivity contribution >= 4 is 17.6 Å². The number of carbonyl (C=O) groups is 1. The molecule has 1 saturated heterocycles. The molecular weight excluding hydrogens is 346 g/mol. The number of nitroso groups, excluding NO2 is 1. The molecule has 1 aromatic rings. The number of alkyl halides is 1. The SMILES string of the molecule is O=NN(CCCl)C(=O)N[C@@H]1CC(n2ccc(=O)[nH]c2=O)O[C@@H]1CO. The van der Waals surface area contributed by atoms with Gasteiger partial charge >= 0.3 is 11.7 Å². The first-order chi connectivity index (χ1) is 11.5. The molecule has 12 heteroatoms. The molecule has 2 amide bonds. The van der Waals surface area contributed by atoms with Gasteiger partial charge in [0, 0.05) is 24.6 Å². The first-order valence-electron chi connectivity index (χ1n) is 7.05. The summed E-state index contributed by atoms with van der Waals surface area (Å²) >= 11 is 5.47. The number of carbonyl (C=O) groups excluding carboxylic acids is 1.